The van der Waals surface area contributed by atoms with Crippen LogP contribution < -0.4 is 9.47 Å². The molecule has 0 bridgehead atoms. The molecule has 40 heavy (non-hydrogen) atoms. The molecule has 1 saturated carbocycles. The van der Waals surface area contributed by atoms with Gasteiger partial charge in [-0.2, -0.15) is 0 Å². The number of carbonyl (C=O) groups excluding carboxylic acids is 1. The Morgan fingerprint density at radius 3 is 2.27 bits per heavy atom. The van der Waals surface area contributed by atoms with E-state index in [1.165, 1.54) is 35.9 Å². The molecule has 2 aliphatic rings. The predicted molar refractivity (Wildman–Crippen MR) is 158 cm³/mol. The Hall–Kier alpha value is -4.04. The Kier molecular flexibility index (Phi) is 8.86. The van der Waals surface area contributed by atoms with Gasteiger partial charge in [-0.05, 0) is 96.6 Å². The van der Waals surface area contributed by atoms with Crippen LogP contribution in [0.4, 0.5) is 5.69 Å². The maximum absolute atomic E-state index is 12.8. The maximum Gasteiger partial charge on any atom is 0.307 e. The van der Waals surface area contributed by atoms with Gasteiger partial charge in [0.1, 0.15) is 18.1 Å². The molecule has 1 aliphatic carbocycles. The molecule has 8 heteroatoms. The molecule has 5 rings (SSSR count). The summed E-state index contributed by atoms with van der Waals surface area (Å²) in [5.41, 5.74) is 3.32. The van der Waals surface area contributed by atoms with Gasteiger partial charge in [-0.25, -0.2) is 4.99 Å². The van der Waals surface area contributed by atoms with Crippen molar-refractivity contribution in [2.24, 2.45) is 4.99 Å². The Morgan fingerprint density at radius 2 is 1.60 bits per heavy atom. The lowest BCUT2D eigenvalue weighted by Crippen LogP contribution is -2.23. The lowest BCUT2D eigenvalue weighted by atomic mass is 9.98. The largest absolute Gasteiger partial charge is 0.490 e. The summed E-state index contributed by atoms with van der Waals surface area (Å²) in [7, 11) is 1.69. The van der Waals surface area contributed by atoms with E-state index in [-0.39, 0.29) is 12.3 Å². The summed E-state index contributed by atoms with van der Waals surface area (Å²) in [5, 5.41) is 9.50. The number of hydrogen-bond donors (Lipinski definition) is 1. The van der Waals surface area contributed by atoms with Crippen LogP contribution in [0.25, 0.3) is 6.08 Å². The molecular formula is C32H32N2O5S. The molecule has 0 atom stereocenters. The second kappa shape index (κ2) is 12.9. The third-order valence-electron chi connectivity index (χ3n) is 6.88. The van der Waals surface area contributed by atoms with Crippen LogP contribution in [0.1, 0.15) is 48.8 Å². The second-order valence-corrected chi connectivity index (χ2v) is 11.0. The van der Waals surface area contributed by atoms with Crippen molar-refractivity contribution < 1.29 is 24.2 Å². The van der Waals surface area contributed by atoms with Crippen molar-refractivity contribution >= 4 is 40.6 Å². The first kappa shape index (κ1) is 27.5. The van der Waals surface area contributed by atoms with E-state index in [2.05, 4.69) is 4.99 Å². The van der Waals surface area contributed by atoms with Crippen LogP contribution in [-0.2, 0) is 22.6 Å². The first-order chi connectivity index (χ1) is 19.4. The predicted octanol–water partition coefficient (Wildman–Crippen LogP) is 6.84. The first-order valence-corrected chi connectivity index (χ1v) is 14.3. The van der Waals surface area contributed by atoms with Crippen LogP contribution in [0, 0.1) is 0 Å². The summed E-state index contributed by atoms with van der Waals surface area (Å²) in [6.07, 6.45) is 8.24. The molecule has 1 amide bonds. The van der Waals surface area contributed by atoms with E-state index in [4.69, 9.17) is 14.6 Å². The number of amidine groups is 1. The summed E-state index contributed by atoms with van der Waals surface area (Å²) in [6, 6.07) is 22.7. The molecule has 1 saturated heterocycles. The zero-order chi connectivity index (χ0) is 27.9. The van der Waals surface area contributed by atoms with Crippen molar-refractivity contribution in [3.63, 3.8) is 0 Å². The summed E-state index contributed by atoms with van der Waals surface area (Å²) < 4.78 is 12.1. The van der Waals surface area contributed by atoms with Crippen LogP contribution in [0.15, 0.2) is 82.7 Å². The first-order valence-electron chi connectivity index (χ1n) is 13.5. The standard InChI is InChI=1S/C32H32N2O5S/c1-34-31(37)29(40-32(34)33-25-13-7-23(8-14-25)20-30(35)36)19-22-9-15-26(16-10-22)38-21-24-11-17-28(18-12-24)39-27-5-3-2-4-6-27/h7-19,27H,2-6,20-21H2,1H3,(H,35,36). The minimum atomic E-state index is -0.879. The molecule has 1 aliphatic heterocycles. The summed E-state index contributed by atoms with van der Waals surface area (Å²) >= 11 is 1.31. The second-order valence-electron chi connectivity index (χ2n) is 9.99. The number of hydrogen-bond acceptors (Lipinski definition) is 6. The Labute approximate surface area is 238 Å². The van der Waals surface area contributed by atoms with E-state index >= 15 is 0 Å². The zero-order valence-corrected chi connectivity index (χ0v) is 23.2. The van der Waals surface area contributed by atoms with Gasteiger partial charge >= 0.3 is 5.97 Å². The van der Waals surface area contributed by atoms with Gasteiger partial charge in [0, 0.05) is 7.05 Å². The summed E-state index contributed by atoms with van der Waals surface area (Å²) in [4.78, 5) is 30.3. The van der Waals surface area contributed by atoms with Crippen molar-refractivity contribution in [2.45, 2.75) is 51.2 Å². The fourth-order valence-corrected chi connectivity index (χ4v) is 5.63. The van der Waals surface area contributed by atoms with Gasteiger partial charge in [-0.1, -0.05) is 42.8 Å². The normalized spacial score (nSPS) is 17.9. The van der Waals surface area contributed by atoms with Crippen LogP contribution >= 0.6 is 11.8 Å². The number of aliphatic carboxylic acids is 1. The van der Waals surface area contributed by atoms with Crippen molar-refractivity contribution in [3.8, 4) is 11.5 Å². The zero-order valence-electron chi connectivity index (χ0n) is 22.4. The third-order valence-corrected chi connectivity index (χ3v) is 7.94. The third kappa shape index (κ3) is 7.33. The number of rotatable bonds is 9. The minimum Gasteiger partial charge on any atom is -0.490 e. The van der Waals surface area contributed by atoms with E-state index < -0.39 is 5.97 Å². The van der Waals surface area contributed by atoms with Crippen LogP contribution in [0.2, 0.25) is 0 Å². The molecule has 0 unspecified atom stereocenters. The number of benzene rings is 3. The Morgan fingerprint density at radius 1 is 0.950 bits per heavy atom. The smallest absolute Gasteiger partial charge is 0.307 e. The summed E-state index contributed by atoms with van der Waals surface area (Å²) in [6.45, 7) is 0.459. The Balaban J connectivity index is 1.16. The Bertz CT molecular complexity index is 1390. The number of carboxylic acid groups (broad SMARTS) is 1. The molecule has 0 spiro atoms. The van der Waals surface area contributed by atoms with Gasteiger partial charge in [0.15, 0.2) is 5.17 Å². The highest BCUT2D eigenvalue weighted by Crippen LogP contribution is 2.33. The van der Waals surface area contributed by atoms with Gasteiger partial charge in [0.05, 0.1) is 23.1 Å². The molecule has 2 fully saturated rings. The van der Waals surface area contributed by atoms with E-state index in [0.717, 1.165) is 35.5 Å². The van der Waals surface area contributed by atoms with Crippen molar-refractivity contribution in [2.75, 3.05) is 7.05 Å². The SMILES string of the molecule is CN1C(=O)C(=Cc2ccc(OCc3ccc(OC4CCCCC4)cc3)cc2)SC1=Nc1ccc(CC(=O)O)cc1. The van der Waals surface area contributed by atoms with E-state index in [0.29, 0.717) is 34.0 Å². The number of carbonyl (C=O) groups is 2. The molecule has 0 aromatic heterocycles. The van der Waals surface area contributed by atoms with Gasteiger partial charge in [0.25, 0.3) is 5.91 Å². The summed E-state index contributed by atoms with van der Waals surface area (Å²) in [5.74, 6) is 0.665. The molecule has 3 aromatic rings. The van der Waals surface area contributed by atoms with E-state index in [1.807, 2.05) is 54.6 Å². The average Bonchev–Trinajstić information content (AvgIpc) is 3.22. The van der Waals surface area contributed by atoms with Crippen molar-refractivity contribution in [1.82, 2.24) is 4.90 Å². The van der Waals surface area contributed by atoms with Gasteiger partial charge in [-0.15, -0.1) is 0 Å². The van der Waals surface area contributed by atoms with Crippen molar-refractivity contribution in [3.05, 3.63) is 94.4 Å². The lowest BCUT2D eigenvalue weighted by Gasteiger charge is -2.23. The fraction of sp³-hybridized carbons (Fsp3) is 0.281. The van der Waals surface area contributed by atoms with E-state index in [1.54, 1.807) is 31.3 Å². The number of aliphatic imine (C=N–C) groups is 1. The number of likely N-dealkylation sites (N-methyl/N-ethyl adjacent to an activating group) is 1. The highest BCUT2D eigenvalue weighted by molar-refractivity contribution is 8.18. The molecule has 0 radical (unpaired) electrons. The number of carboxylic acids is 1. The van der Waals surface area contributed by atoms with Crippen LogP contribution in [-0.4, -0.2) is 40.2 Å². The molecule has 3 aromatic carbocycles. The monoisotopic (exact) mass is 556 g/mol. The quantitative estimate of drug-likeness (QED) is 0.291. The van der Waals surface area contributed by atoms with Crippen molar-refractivity contribution in [1.29, 1.82) is 0 Å². The van der Waals surface area contributed by atoms with E-state index in [9.17, 15) is 9.59 Å². The highest BCUT2D eigenvalue weighted by atomic mass is 32.2. The van der Waals surface area contributed by atoms with Gasteiger partial charge in [0.2, 0.25) is 0 Å². The number of nitrogens with zero attached hydrogens (tertiary/aromatic N) is 2. The minimum absolute atomic E-state index is 0.0381. The fourth-order valence-electron chi connectivity index (χ4n) is 4.64. The van der Waals surface area contributed by atoms with Gasteiger partial charge in [-0.3, -0.25) is 14.5 Å². The molecule has 1 heterocycles. The number of amides is 1. The topological polar surface area (TPSA) is 88.4 Å². The molecular weight excluding hydrogens is 524 g/mol. The molecule has 1 N–H and O–H groups in total. The maximum atomic E-state index is 12.8. The number of ether oxygens (including phenoxy) is 2. The average molecular weight is 557 g/mol. The van der Waals surface area contributed by atoms with Crippen LogP contribution in [0.5, 0.6) is 11.5 Å². The molecule has 7 nitrogen and oxygen atoms in total. The number of thioether (sulfide) groups is 1. The molecule has 206 valence electrons. The lowest BCUT2D eigenvalue weighted by molar-refractivity contribution is -0.136. The van der Waals surface area contributed by atoms with Gasteiger partial charge < -0.3 is 14.6 Å². The highest BCUT2D eigenvalue weighted by Gasteiger charge is 2.30. The van der Waals surface area contributed by atoms with Crippen LogP contribution in [0.3, 0.4) is 0 Å².